The van der Waals surface area contributed by atoms with Crippen molar-refractivity contribution in [3.63, 3.8) is 0 Å². The fourth-order valence-corrected chi connectivity index (χ4v) is 2.84. The normalized spacial score (nSPS) is 14.6. The van der Waals surface area contributed by atoms with Crippen molar-refractivity contribution in [1.29, 1.82) is 0 Å². The molecule has 1 saturated carbocycles. The van der Waals surface area contributed by atoms with Crippen LogP contribution in [0.5, 0.6) is 0 Å². The molecule has 0 amide bonds. The van der Waals surface area contributed by atoms with Gasteiger partial charge in [-0.3, -0.25) is 4.68 Å². The maximum atomic E-state index is 5.54. The van der Waals surface area contributed by atoms with Gasteiger partial charge < -0.3 is 14.6 Å². The summed E-state index contributed by atoms with van der Waals surface area (Å²) in [5, 5.41) is 8.06. The molecule has 21 heavy (non-hydrogen) atoms. The van der Waals surface area contributed by atoms with Crippen LogP contribution in [0.3, 0.4) is 0 Å². The average Bonchev–Trinajstić information content (AvgIpc) is 3.10. The molecule has 1 fully saturated rings. The Morgan fingerprint density at radius 3 is 2.90 bits per heavy atom. The third-order valence-corrected chi connectivity index (χ3v) is 4.03. The standard InChI is InChI=1S/C16H24N4O/c1-4-17-10-15-12(2)18-19(3)16(15)20(13-7-8-13)11-14-6-5-9-21-14/h5-6,9,13,17H,4,7-8,10-11H2,1-3H3. The zero-order chi connectivity index (χ0) is 14.8. The third-order valence-electron chi connectivity index (χ3n) is 4.03. The Morgan fingerprint density at radius 2 is 2.29 bits per heavy atom. The van der Waals surface area contributed by atoms with Gasteiger partial charge in [-0.25, -0.2) is 0 Å². The zero-order valence-corrected chi connectivity index (χ0v) is 13.1. The molecule has 2 aromatic heterocycles. The highest BCUT2D eigenvalue weighted by atomic mass is 16.3. The molecule has 1 aliphatic carbocycles. The predicted molar refractivity (Wildman–Crippen MR) is 83.2 cm³/mol. The lowest BCUT2D eigenvalue weighted by molar-refractivity contribution is 0.497. The van der Waals surface area contributed by atoms with Gasteiger partial charge in [0.15, 0.2) is 0 Å². The number of aromatic nitrogens is 2. The van der Waals surface area contributed by atoms with E-state index in [0.717, 1.165) is 31.1 Å². The van der Waals surface area contributed by atoms with Gasteiger partial charge in [-0.05, 0) is 38.4 Å². The van der Waals surface area contributed by atoms with Crippen LogP contribution in [-0.2, 0) is 20.1 Å². The SMILES string of the molecule is CCNCc1c(C)nn(C)c1N(Cc1ccco1)C1CC1. The summed E-state index contributed by atoms with van der Waals surface area (Å²) in [6, 6.07) is 4.61. The van der Waals surface area contributed by atoms with Crippen molar-refractivity contribution < 1.29 is 4.42 Å². The van der Waals surface area contributed by atoms with Gasteiger partial charge in [0.2, 0.25) is 0 Å². The minimum atomic E-state index is 0.616. The van der Waals surface area contributed by atoms with Crippen molar-refractivity contribution in [2.75, 3.05) is 11.4 Å². The quantitative estimate of drug-likeness (QED) is 0.850. The Balaban J connectivity index is 1.91. The summed E-state index contributed by atoms with van der Waals surface area (Å²) in [6.07, 6.45) is 4.26. The van der Waals surface area contributed by atoms with Gasteiger partial charge >= 0.3 is 0 Å². The smallest absolute Gasteiger partial charge is 0.131 e. The molecular formula is C16H24N4O. The van der Waals surface area contributed by atoms with Crippen LogP contribution in [0, 0.1) is 6.92 Å². The number of anilines is 1. The molecule has 0 radical (unpaired) electrons. The second-order valence-electron chi connectivity index (χ2n) is 5.73. The summed E-state index contributed by atoms with van der Waals surface area (Å²) in [6.45, 7) is 6.87. The Morgan fingerprint density at radius 1 is 1.48 bits per heavy atom. The van der Waals surface area contributed by atoms with Crippen LogP contribution in [0.1, 0.15) is 36.8 Å². The zero-order valence-electron chi connectivity index (χ0n) is 13.1. The maximum Gasteiger partial charge on any atom is 0.131 e. The summed E-state index contributed by atoms with van der Waals surface area (Å²) in [5.41, 5.74) is 2.41. The third kappa shape index (κ3) is 2.97. The van der Waals surface area contributed by atoms with Gasteiger partial charge in [0.25, 0.3) is 0 Å². The van der Waals surface area contributed by atoms with Crippen molar-refractivity contribution in [1.82, 2.24) is 15.1 Å². The Bertz CT molecular complexity index is 584. The molecule has 1 aliphatic rings. The predicted octanol–water partition coefficient (Wildman–Crippen LogP) is 2.60. The van der Waals surface area contributed by atoms with E-state index in [-0.39, 0.29) is 0 Å². The second-order valence-corrected chi connectivity index (χ2v) is 5.73. The highest BCUT2D eigenvalue weighted by Crippen LogP contribution is 2.35. The van der Waals surface area contributed by atoms with Crippen molar-refractivity contribution >= 4 is 5.82 Å². The van der Waals surface area contributed by atoms with E-state index in [1.54, 1.807) is 6.26 Å². The topological polar surface area (TPSA) is 46.2 Å². The van der Waals surface area contributed by atoms with Crippen molar-refractivity contribution in [2.45, 2.75) is 45.8 Å². The molecule has 2 aromatic rings. The first-order chi connectivity index (χ1) is 10.2. The lowest BCUT2D eigenvalue weighted by Gasteiger charge is -2.25. The van der Waals surface area contributed by atoms with E-state index >= 15 is 0 Å². The highest BCUT2D eigenvalue weighted by Gasteiger charge is 2.33. The number of furan rings is 1. The summed E-state index contributed by atoms with van der Waals surface area (Å²) in [4.78, 5) is 2.45. The molecule has 0 bridgehead atoms. The van der Waals surface area contributed by atoms with E-state index in [1.807, 2.05) is 23.9 Å². The summed E-state index contributed by atoms with van der Waals surface area (Å²) in [5.74, 6) is 2.24. The largest absolute Gasteiger partial charge is 0.467 e. The van der Waals surface area contributed by atoms with E-state index < -0.39 is 0 Å². The minimum absolute atomic E-state index is 0.616. The lowest BCUT2D eigenvalue weighted by Crippen LogP contribution is -2.28. The Kier molecular flexibility index (Phi) is 4.01. The molecule has 3 rings (SSSR count). The average molecular weight is 288 g/mol. The number of rotatable bonds is 7. The Labute approximate surface area is 125 Å². The van der Waals surface area contributed by atoms with Crippen LogP contribution in [0.2, 0.25) is 0 Å². The number of hydrogen-bond acceptors (Lipinski definition) is 4. The molecule has 5 nitrogen and oxygen atoms in total. The van der Waals surface area contributed by atoms with E-state index in [1.165, 1.54) is 24.2 Å². The van der Waals surface area contributed by atoms with Gasteiger partial charge in [-0.15, -0.1) is 0 Å². The number of nitrogens with one attached hydrogen (secondary N) is 1. The van der Waals surface area contributed by atoms with E-state index in [0.29, 0.717) is 6.04 Å². The van der Waals surface area contributed by atoms with Crippen LogP contribution >= 0.6 is 0 Å². The van der Waals surface area contributed by atoms with Crippen molar-refractivity contribution in [3.8, 4) is 0 Å². The molecule has 0 spiro atoms. The van der Waals surface area contributed by atoms with E-state index in [4.69, 9.17) is 4.42 Å². The van der Waals surface area contributed by atoms with Crippen molar-refractivity contribution in [2.24, 2.45) is 7.05 Å². The van der Waals surface area contributed by atoms with Crippen LogP contribution in [0.4, 0.5) is 5.82 Å². The second kappa shape index (κ2) is 5.93. The van der Waals surface area contributed by atoms with Crippen LogP contribution < -0.4 is 10.2 Å². The fourth-order valence-electron chi connectivity index (χ4n) is 2.84. The van der Waals surface area contributed by atoms with Crippen molar-refractivity contribution in [3.05, 3.63) is 35.4 Å². The molecule has 0 aliphatic heterocycles. The molecule has 2 heterocycles. The van der Waals surface area contributed by atoms with Gasteiger partial charge in [0, 0.05) is 25.2 Å². The first-order valence-corrected chi connectivity index (χ1v) is 7.73. The number of hydrogen-bond donors (Lipinski definition) is 1. The fraction of sp³-hybridized carbons (Fsp3) is 0.562. The molecule has 114 valence electrons. The molecule has 0 unspecified atom stereocenters. The van der Waals surface area contributed by atoms with Crippen LogP contribution in [-0.4, -0.2) is 22.4 Å². The molecular weight excluding hydrogens is 264 g/mol. The van der Waals surface area contributed by atoms with E-state index in [2.05, 4.69) is 29.2 Å². The maximum absolute atomic E-state index is 5.54. The molecule has 0 saturated heterocycles. The number of nitrogens with zero attached hydrogens (tertiary/aromatic N) is 3. The monoisotopic (exact) mass is 288 g/mol. The lowest BCUT2D eigenvalue weighted by atomic mass is 10.2. The molecule has 5 heteroatoms. The summed E-state index contributed by atoms with van der Waals surface area (Å²) >= 11 is 0. The minimum Gasteiger partial charge on any atom is -0.467 e. The first kappa shape index (κ1) is 14.2. The molecule has 1 N–H and O–H groups in total. The van der Waals surface area contributed by atoms with E-state index in [9.17, 15) is 0 Å². The summed E-state index contributed by atoms with van der Waals surface area (Å²) in [7, 11) is 2.04. The van der Waals surface area contributed by atoms with Gasteiger partial charge in [-0.1, -0.05) is 6.92 Å². The van der Waals surface area contributed by atoms with Gasteiger partial charge in [-0.2, -0.15) is 5.10 Å². The van der Waals surface area contributed by atoms with Crippen LogP contribution in [0.15, 0.2) is 22.8 Å². The summed E-state index contributed by atoms with van der Waals surface area (Å²) < 4.78 is 7.56. The number of aryl methyl sites for hydroxylation is 2. The van der Waals surface area contributed by atoms with Crippen LogP contribution in [0.25, 0.3) is 0 Å². The first-order valence-electron chi connectivity index (χ1n) is 7.73. The van der Waals surface area contributed by atoms with Gasteiger partial charge in [0.05, 0.1) is 18.5 Å². The highest BCUT2D eigenvalue weighted by molar-refractivity contribution is 5.52. The Hall–Kier alpha value is -1.75. The van der Waals surface area contributed by atoms with Gasteiger partial charge in [0.1, 0.15) is 11.6 Å². The molecule has 0 atom stereocenters. The molecule has 0 aromatic carbocycles.